The van der Waals surface area contributed by atoms with Crippen LogP contribution in [0.3, 0.4) is 0 Å². The molecule has 100 valence electrons. The molecule has 0 bridgehead atoms. The summed E-state index contributed by atoms with van der Waals surface area (Å²) in [7, 11) is 0. The van der Waals surface area contributed by atoms with Crippen LogP contribution in [0.5, 0.6) is 0 Å². The van der Waals surface area contributed by atoms with Gasteiger partial charge in [-0.2, -0.15) is 11.8 Å². The highest BCUT2D eigenvalue weighted by molar-refractivity contribution is 7.98. The molecule has 0 radical (unpaired) electrons. The molecule has 18 heavy (non-hydrogen) atoms. The Hall–Kier alpha value is -0.470. The molecule has 0 saturated heterocycles. The fourth-order valence-corrected chi connectivity index (χ4v) is 3.95. The maximum Gasteiger partial charge on any atom is 0.0184 e. The van der Waals surface area contributed by atoms with E-state index in [0.29, 0.717) is 0 Å². The van der Waals surface area contributed by atoms with E-state index in [9.17, 15) is 0 Å². The lowest BCUT2D eigenvalue weighted by Crippen LogP contribution is -2.32. The Balaban J connectivity index is 1.63. The van der Waals surface area contributed by atoms with E-state index in [2.05, 4.69) is 54.3 Å². The van der Waals surface area contributed by atoms with Crippen LogP contribution in [0, 0.1) is 5.92 Å². The van der Waals surface area contributed by atoms with Crippen molar-refractivity contribution in [3.8, 4) is 0 Å². The molecule has 2 unspecified atom stereocenters. The van der Waals surface area contributed by atoms with Gasteiger partial charge in [0.15, 0.2) is 0 Å². The highest BCUT2D eigenvalue weighted by atomic mass is 32.2. The van der Waals surface area contributed by atoms with E-state index in [1.54, 1.807) is 0 Å². The van der Waals surface area contributed by atoms with Gasteiger partial charge in [0.2, 0.25) is 0 Å². The Kier molecular flexibility index (Phi) is 6.09. The van der Waals surface area contributed by atoms with Crippen LogP contribution in [-0.4, -0.2) is 18.3 Å². The molecular weight excluding hydrogens is 238 g/mol. The van der Waals surface area contributed by atoms with Crippen LogP contribution in [0.2, 0.25) is 0 Å². The van der Waals surface area contributed by atoms with Crippen molar-refractivity contribution in [2.45, 2.75) is 44.4 Å². The lowest BCUT2D eigenvalue weighted by molar-refractivity contribution is 0.400. The Bertz CT molecular complexity index is 325. The first kappa shape index (κ1) is 14.0. The molecule has 0 aliphatic heterocycles. The first-order valence-electron chi connectivity index (χ1n) is 7.25. The van der Waals surface area contributed by atoms with Gasteiger partial charge in [0.25, 0.3) is 0 Å². The monoisotopic (exact) mass is 263 g/mol. The fourth-order valence-electron chi connectivity index (χ4n) is 2.91. The van der Waals surface area contributed by atoms with Gasteiger partial charge in [0.05, 0.1) is 0 Å². The number of benzene rings is 1. The van der Waals surface area contributed by atoms with Crippen LogP contribution in [0.15, 0.2) is 30.3 Å². The van der Waals surface area contributed by atoms with Crippen molar-refractivity contribution >= 4 is 11.8 Å². The maximum absolute atomic E-state index is 3.64. The van der Waals surface area contributed by atoms with E-state index in [0.717, 1.165) is 18.5 Å². The van der Waals surface area contributed by atoms with Crippen molar-refractivity contribution in [3.63, 3.8) is 0 Å². The maximum atomic E-state index is 3.64. The molecule has 0 spiro atoms. The summed E-state index contributed by atoms with van der Waals surface area (Å²) in [4.78, 5) is 0. The van der Waals surface area contributed by atoms with Gasteiger partial charge in [-0.1, -0.05) is 43.7 Å². The molecule has 0 amide bonds. The molecule has 1 fully saturated rings. The van der Waals surface area contributed by atoms with E-state index >= 15 is 0 Å². The first-order valence-corrected chi connectivity index (χ1v) is 8.40. The minimum atomic E-state index is 0.798. The fraction of sp³-hybridized carbons (Fsp3) is 0.625. The number of nitrogens with one attached hydrogen (secondary N) is 1. The standard InChI is InChI=1S/C16H25NS/c1-2-17-16-10-6-9-15(16)11-12-18-13-14-7-4-3-5-8-14/h3-5,7-8,15-17H,2,6,9-13H2,1H3. The normalized spacial score (nSPS) is 23.4. The van der Waals surface area contributed by atoms with Gasteiger partial charge in [-0.15, -0.1) is 0 Å². The van der Waals surface area contributed by atoms with Crippen molar-refractivity contribution in [2.75, 3.05) is 12.3 Å². The average Bonchev–Trinajstić information content (AvgIpc) is 2.84. The van der Waals surface area contributed by atoms with E-state index < -0.39 is 0 Å². The molecule has 1 saturated carbocycles. The molecule has 1 aromatic rings. The third kappa shape index (κ3) is 4.33. The van der Waals surface area contributed by atoms with E-state index in [-0.39, 0.29) is 0 Å². The summed E-state index contributed by atoms with van der Waals surface area (Å²) in [6.45, 7) is 3.35. The highest BCUT2D eigenvalue weighted by Gasteiger charge is 2.25. The number of rotatable bonds is 7. The highest BCUT2D eigenvalue weighted by Crippen LogP contribution is 2.29. The first-order chi connectivity index (χ1) is 8.90. The Morgan fingerprint density at radius 2 is 2.06 bits per heavy atom. The van der Waals surface area contributed by atoms with Gasteiger partial charge < -0.3 is 5.32 Å². The average molecular weight is 263 g/mol. The molecule has 2 rings (SSSR count). The Labute approximate surface area is 116 Å². The van der Waals surface area contributed by atoms with Crippen LogP contribution in [-0.2, 0) is 5.75 Å². The Morgan fingerprint density at radius 1 is 1.22 bits per heavy atom. The van der Waals surface area contributed by atoms with E-state index in [1.165, 1.54) is 42.8 Å². The third-order valence-corrected chi connectivity index (χ3v) is 4.93. The second-order valence-electron chi connectivity index (χ2n) is 5.18. The minimum Gasteiger partial charge on any atom is -0.314 e. The lowest BCUT2D eigenvalue weighted by Gasteiger charge is -2.20. The number of thioether (sulfide) groups is 1. The van der Waals surface area contributed by atoms with Crippen molar-refractivity contribution in [1.29, 1.82) is 0 Å². The molecule has 1 aliphatic rings. The van der Waals surface area contributed by atoms with Gasteiger partial charge in [-0.25, -0.2) is 0 Å². The summed E-state index contributed by atoms with van der Waals surface area (Å²) in [6, 6.07) is 11.6. The topological polar surface area (TPSA) is 12.0 Å². The lowest BCUT2D eigenvalue weighted by atomic mass is 10.0. The predicted octanol–water partition coefficient (Wildman–Crippen LogP) is 4.09. The molecule has 1 aliphatic carbocycles. The molecule has 0 heterocycles. The van der Waals surface area contributed by atoms with Crippen LogP contribution < -0.4 is 5.32 Å². The van der Waals surface area contributed by atoms with E-state index in [4.69, 9.17) is 0 Å². The van der Waals surface area contributed by atoms with E-state index in [1.807, 2.05) is 0 Å². The summed E-state index contributed by atoms with van der Waals surface area (Å²) in [5.74, 6) is 3.40. The second-order valence-corrected chi connectivity index (χ2v) is 6.29. The molecular formula is C16H25NS. The van der Waals surface area contributed by atoms with Gasteiger partial charge in [-0.05, 0) is 43.0 Å². The number of hydrogen-bond acceptors (Lipinski definition) is 2. The van der Waals surface area contributed by atoms with Crippen molar-refractivity contribution in [1.82, 2.24) is 5.32 Å². The van der Waals surface area contributed by atoms with Gasteiger partial charge in [0, 0.05) is 11.8 Å². The smallest absolute Gasteiger partial charge is 0.0184 e. The zero-order chi connectivity index (χ0) is 12.6. The summed E-state index contributed by atoms with van der Waals surface area (Å²) < 4.78 is 0. The van der Waals surface area contributed by atoms with Gasteiger partial charge in [-0.3, -0.25) is 0 Å². The van der Waals surface area contributed by atoms with Crippen molar-refractivity contribution in [2.24, 2.45) is 5.92 Å². The summed E-state index contributed by atoms with van der Waals surface area (Å²) in [5.41, 5.74) is 1.46. The van der Waals surface area contributed by atoms with Crippen molar-refractivity contribution in [3.05, 3.63) is 35.9 Å². The summed E-state index contributed by atoms with van der Waals surface area (Å²) in [6.07, 6.45) is 5.63. The Morgan fingerprint density at radius 3 is 2.83 bits per heavy atom. The predicted molar refractivity (Wildman–Crippen MR) is 82.0 cm³/mol. The molecule has 1 aromatic carbocycles. The van der Waals surface area contributed by atoms with Crippen LogP contribution >= 0.6 is 11.8 Å². The molecule has 0 aromatic heterocycles. The van der Waals surface area contributed by atoms with Crippen LogP contribution in [0.1, 0.15) is 38.2 Å². The molecule has 2 atom stereocenters. The zero-order valence-electron chi connectivity index (χ0n) is 11.4. The zero-order valence-corrected chi connectivity index (χ0v) is 12.2. The van der Waals surface area contributed by atoms with Gasteiger partial charge in [0.1, 0.15) is 0 Å². The largest absolute Gasteiger partial charge is 0.314 e. The molecule has 2 heteroatoms. The molecule has 1 N–H and O–H groups in total. The van der Waals surface area contributed by atoms with Gasteiger partial charge >= 0.3 is 0 Å². The summed E-state index contributed by atoms with van der Waals surface area (Å²) >= 11 is 2.09. The van der Waals surface area contributed by atoms with Crippen LogP contribution in [0.25, 0.3) is 0 Å². The third-order valence-electron chi connectivity index (χ3n) is 3.87. The minimum absolute atomic E-state index is 0.798. The van der Waals surface area contributed by atoms with Crippen molar-refractivity contribution < 1.29 is 0 Å². The summed E-state index contributed by atoms with van der Waals surface area (Å²) in [5, 5.41) is 3.64. The molecule has 1 nitrogen and oxygen atoms in total. The second kappa shape index (κ2) is 7.85. The SMILES string of the molecule is CCNC1CCCC1CCSCc1ccccc1. The number of hydrogen-bond donors (Lipinski definition) is 1. The quantitative estimate of drug-likeness (QED) is 0.744. The van der Waals surface area contributed by atoms with Crippen LogP contribution in [0.4, 0.5) is 0 Å².